The Hall–Kier alpha value is -2.12. The van der Waals surface area contributed by atoms with Gasteiger partial charge in [-0.1, -0.05) is 23.7 Å². The molecule has 0 aliphatic carbocycles. The van der Waals surface area contributed by atoms with Gasteiger partial charge in [-0.3, -0.25) is 4.79 Å². The lowest BCUT2D eigenvalue weighted by molar-refractivity contribution is -0.140. The summed E-state index contributed by atoms with van der Waals surface area (Å²) in [7, 11) is -3.24. The van der Waals surface area contributed by atoms with Crippen molar-refractivity contribution in [3.8, 4) is 5.75 Å². The van der Waals surface area contributed by atoms with Gasteiger partial charge in [0, 0.05) is 16.6 Å². The highest BCUT2D eigenvalue weighted by molar-refractivity contribution is 7.91. The molecule has 2 atom stereocenters. The zero-order chi connectivity index (χ0) is 22.1. The van der Waals surface area contributed by atoms with Crippen LogP contribution in [0.4, 0.5) is 4.39 Å². The Morgan fingerprint density at radius 1 is 1.27 bits per heavy atom. The van der Waals surface area contributed by atoms with E-state index in [0.29, 0.717) is 12.2 Å². The van der Waals surface area contributed by atoms with E-state index in [1.807, 2.05) is 32.0 Å². The Labute approximate surface area is 181 Å². The van der Waals surface area contributed by atoms with Gasteiger partial charge in [-0.2, -0.15) is 0 Å². The first-order valence-electron chi connectivity index (χ1n) is 9.74. The Balaban J connectivity index is 1.87. The zero-order valence-electron chi connectivity index (χ0n) is 17.2. The molecule has 0 radical (unpaired) electrons. The lowest BCUT2D eigenvalue weighted by Gasteiger charge is -2.31. The van der Waals surface area contributed by atoms with E-state index in [2.05, 4.69) is 0 Å². The first-order valence-corrected chi connectivity index (χ1v) is 11.9. The smallest absolute Gasteiger partial charge is 0.263 e. The van der Waals surface area contributed by atoms with Gasteiger partial charge in [-0.25, -0.2) is 12.8 Å². The minimum Gasteiger partial charge on any atom is -0.481 e. The first kappa shape index (κ1) is 22.6. The second-order valence-electron chi connectivity index (χ2n) is 7.81. The number of ether oxygens (including phenoxy) is 1. The summed E-state index contributed by atoms with van der Waals surface area (Å²) in [6, 6.07) is 9.40. The molecule has 0 bridgehead atoms. The number of amides is 1. The number of carbonyl (C=O) groups excluding carboxylic acids is 1. The molecule has 1 saturated heterocycles. The van der Waals surface area contributed by atoms with Gasteiger partial charge < -0.3 is 9.64 Å². The zero-order valence-corrected chi connectivity index (χ0v) is 18.8. The van der Waals surface area contributed by atoms with Crippen molar-refractivity contribution in [2.45, 2.75) is 45.9 Å². The predicted octanol–water partition coefficient (Wildman–Crippen LogP) is 4.08. The second-order valence-corrected chi connectivity index (χ2v) is 10.4. The van der Waals surface area contributed by atoms with Crippen LogP contribution in [0.5, 0.6) is 5.75 Å². The van der Waals surface area contributed by atoms with Gasteiger partial charge in [-0.15, -0.1) is 0 Å². The summed E-state index contributed by atoms with van der Waals surface area (Å²) >= 11 is 6.16. The Morgan fingerprint density at radius 3 is 2.50 bits per heavy atom. The molecule has 30 heavy (non-hydrogen) atoms. The summed E-state index contributed by atoms with van der Waals surface area (Å²) in [4.78, 5) is 14.7. The van der Waals surface area contributed by atoms with Crippen LogP contribution in [0.3, 0.4) is 0 Å². The maximum Gasteiger partial charge on any atom is 0.263 e. The van der Waals surface area contributed by atoms with Gasteiger partial charge in [-0.05, 0) is 62.6 Å². The van der Waals surface area contributed by atoms with Crippen LogP contribution in [0.2, 0.25) is 5.02 Å². The molecule has 8 heteroatoms. The summed E-state index contributed by atoms with van der Waals surface area (Å²) < 4.78 is 44.3. The molecule has 162 valence electrons. The van der Waals surface area contributed by atoms with Gasteiger partial charge in [0.25, 0.3) is 5.91 Å². The van der Waals surface area contributed by atoms with Gasteiger partial charge in [0.1, 0.15) is 11.6 Å². The minimum atomic E-state index is -3.24. The molecule has 1 heterocycles. The highest BCUT2D eigenvalue weighted by Crippen LogP contribution is 2.27. The van der Waals surface area contributed by atoms with Crippen molar-refractivity contribution in [2.75, 3.05) is 11.5 Å². The summed E-state index contributed by atoms with van der Waals surface area (Å²) in [6.45, 7) is 5.36. The normalized spacial score (nSPS) is 18.8. The first-order chi connectivity index (χ1) is 14.1. The third-order valence-corrected chi connectivity index (χ3v) is 7.28. The van der Waals surface area contributed by atoms with E-state index in [-0.39, 0.29) is 28.6 Å². The predicted molar refractivity (Wildman–Crippen MR) is 115 cm³/mol. The number of rotatable bonds is 6. The molecule has 1 amide bonds. The number of aryl methyl sites for hydroxylation is 2. The van der Waals surface area contributed by atoms with Crippen LogP contribution in [-0.4, -0.2) is 42.9 Å². The molecule has 5 nitrogen and oxygen atoms in total. The third-order valence-electron chi connectivity index (χ3n) is 5.18. The molecule has 2 aromatic rings. The lowest BCUT2D eigenvalue weighted by Crippen LogP contribution is -2.46. The number of carbonyl (C=O) groups is 1. The van der Waals surface area contributed by atoms with Crippen molar-refractivity contribution in [3.05, 3.63) is 63.9 Å². The van der Waals surface area contributed by atoms with E-state index in [1.54, 1.807) is 13.0 Å². The SMILES string of the molecule is Cc1cc(C)cc(O[C@H](C)C(=O)N(Cc2c(F)cccc2Cl)[C@@H]2CCS(=O)(=O)C2)c1. The van der Waals surface area contributed by atoms with Crippen LogP contribution in [-0.2, 0) is 21.2 Å². The van der Waals surface area contributed by atoms with Crippen molar-refractivity contribution < 1.29 is 22.3 Å². The summed E-state index contributed by atoms with van der Waals surface area (Å²) in [6.07, 6.45) is -0.573. The van der Waals surface area contributed by atoms with Gasteiger partial charge >= 0.3 is 0 Å². The van der Waals surface area contributed by atoms with Crippen LogP contribution in [0.1, 0.15) is 30.0 Å². The average molecular weight is 454 g/mol. The molecular weight excluding hydrogens is 429 g/mol. The quantitative estimate of drug-likeness (QED) is 0.661. The summed E-state index contributed by atoms with van der Waals surface area (Å²) in [5.74, 6) is -0.546. The summed E-state index contributed by atoms with van der Waals surface area (Å²) in [5.41, 5.74) is 2.17. The van der Waals surface area contributed by atoms with Crippen molar-refractivity contribution in [2.24, 2.45) is 0 Å². The van der Waals surface area contributed by atoms with E-state index in [1.165, 1.54) is 17.0 Å². The van der Waals surface area contributed by atoms with Crippen LogP contribution in [0.15, 0.2) is 36.4 Å². The maximum atomic E-state index is 14.4. The molecule has 0 aromatic heterocycles. The van der Waals surface area contributed by atoms with E-state index >= 15 is 0 Å². The van der Waals surface area contributed by atoms with Gasteiger partial charge in [0.15, 0.2) is 15.9 Å². The third kappa shape index (κ3) is 5.32. The van der Waals surface area contributed by atoms with Crippen molar-refractivity contribution in [3.63, 3.8) is 0 Å². The molecular formula is C22H25ClFNO4S. The number of sulfone groups is 1. The monoisotopic (exact) mass is 453 g/mol. The molecule has 0 unspecified atom stereocenters. The molecule has 3 rings (SSSR count). The van der Waals surface area contributed by atoms with Crippen LogP contribution in [0, 0.1) is 19.7 Å². The van der Waals surface area contributed by atoms with Crippen molar-refractivity contribution in [1.29, 1.82) is 0 Å². The molecule has 1 fully saturated rings. The number of benzene rings is 2. The fourth-order valence-electron chi connectivity index (χ4n) is 3.75. The van der Waals surface area contributed by atoms with Crippen LogP contribution in [0.25, 0.3) is 0 Å². The fourth-order valence-corrected chi connectivity index (χ4v) is 5.70. The van der Waals surface area contributed by atoms with Crippen LogP contribution < -0.4 is 4.74 Å². The maximum absolute atomic E-state index is 14.4. The van der Waals surface area contributed by atoms with E-state index < -0.39 is 33.7 Å². The largest absolute Gasteiger partial charge is 0.481 e. The highest BCUT2D eigenvalue weighted by atomic mass is 35.5. The van der Waals surface area contributed by atoms with Crippen molar-refractivity contribution >= 4 is 27.3 Å². The number of nitrogens with zero attached hydrogens (tertiary/aromatic N) is 1. The van der Waals surface area contributed by atoms with E-state index in [4.69, 9.17) is 16.3 Å². The standard InChI is InChI=1S/C22H25ClFNO4S/c1-14-9-15(2)11-18(10-14)29-16(3)22(26)25(17-7-8-30(27,28)13-17)12-19-20(23)5-4-6-21(19)24/h4-6,9-11,16-17H,7-8,12-13H2,1-3H3/t16-,17-/m1/s1. The second kappa shape index (κ2) is 8.94. The van der Waals surface area contributed by atoms with E-state index in [9.17, 15) is 17.6 Å². The Bertz CT molecular complexity index is 1020. The molecule has 0 N–H and O–H groups in total. The molecule has 0 spiro atoms. The Kier molecular flexibility index (Phi) is 6.72. The number of hydrogen-bond acceptors (Lipinski definition) is 4. The van der Waals surface area contributed by atoms with Gasteiger partial charge in [0.2, 0.25) is 0 Å². The fraction of sp³-hybridized carbons (Fsp3) is 0.409. The minimum absolute atomic E-state index is 0.00123. The van der Waals surface area contributed by atoms with Crippen molar-refractivity contribution in [1.82, 2.24) is 4.90 Å². The van der Waals surface area contributed by atoms with Gasteiger partial charge in [0.05, 0.1) is 18.1 Å². The molecule has 0 saturated carbocycles. The Morgan fingerprint density at radius 2 is 1.93 bits per heavy atom. The average Bonchev–Trinajstić information content (AvgIpc) is 2.99. The molecule has 1 aliphatic rings. The lowest BCUT2D eigenvalue weighted by atomic mass is 10.1. The van der Waals surface area contributed by atoms with Crippen LogP contribution >= 0.6 is 11.6 Å². The summed E-state index contributed by atoms with van der Waals surface area (Å²) in [5, 5.41) is 0.191. The number of halogens is 2. The highest BCUT2D eigenvalue weighted by Gasteiger charge is 2.37. The molecule has 2 aromatic carbocycles. The topological polar surface area (TPSA) is 63.7 Å². The number of hydrogen-bond donors (Lipinski definition) is 0. The van der Waals surface area contributed by atoms with E-state index in [0.717, 1.165) is 11.1 Å². The molecule has 1 aliphatic heterocycles.